The summed E-state index contributed by atoms with van der Waals surface area (Å²) >= 11 is 0. The maximum absolute atomic E-state index is 14.1. The van der Waals surface area contributed by atoms with Crippen molar-refractivity contribution in [1.29, 1.82) is 0 Å². The summed E-state index contributed by atoms with van der Waals surface area (Å²) < 4.78 is 34.1. The zero-order chi connectivity index (χ0) is 29.1. The number of phosphoric acid groups is 1. The van der Waals surface area contributed by atoms with Gasteiger partial charge in [0.15, 0.2) is 5.78 Å². The Bertz CT molecular complexity index is 1310. The van der Waals surface area contributed by atoms with Crippen LogP contribution in [0.4, 0.5) is 5.69 Å². The predicted molar refractivity (Wildman–Crippen MR) is 147 cm³/mol. The van der Waals surface area contributed by atoms with Gasteiger partial charge in [0, 0.05) is 56.2 Å². The lowest BCUT2D eigenvalue weighted by Crippen LogP contribution is -2.29. The summed E-state index contributed by atoms with van der Waals surface area (Å²) in [5, 5.41) is 18.0. The molecule has 0 fully saturated rings. The van der Waals surface area contributed by atoms with Gasteiger partial charge in [-0.1, -0.05) is 6.07 Å². The minimum Gasteiger partial charge on any atom is -0.424 e. The molecule has 2 aromatic carbocycles. The second kappa shape index (κ2) is 12.5. The number of aliphatic hydroxyl groups excluding tert-OH is 1. The van der Waals surface area contributed by atoms with Crippen LogP contribution >= 0.6 is 15.4 Å². The Morgan fingerprint density at radius 2 is 1.49 bits per heavy atom. The SMILES string of the molecule is CN(C)CCNCc1ccc(OP(=O)(O)O)c2c1C(O)c1c(OP(C)(=O)O)ccc(NCCN(C)C)c1C2=O. The molecule has 0 aromatic heterocycles. The highest BCUT2D eigenvalue weighted by Gasteiger charge is 2.40. The van der Waals surface area contributed by atoms with Gasteiger partial charge in [0.2, 0.25) is 0 Å². The van der Waals surface area contributed by atoms with Gasteiger partial charge in [-0.15, -0.1) is 0 Å². The van der Waals surface area contributed by atoms with Crippen LogP contribution in [0, 0.1) is 0 Å². The maximum Gasteiger partial charge on any atom is 0.524 e. The van der Waals surface area contributed by atoms with Gasteiger partial charge < -0.3 is 39.5 Å². The number of aliphatic hydroxyl groups is 1. The number of carbonyl (C=O) groups excluding carboxylic acids is 1. The Hall–Kier alpha value is -2.31. The van der Waals surface area contributed by atoms with Crippen molar-refractivity contribution in [2.75, 3.05) is 66.4 Å². The van der Waals surface area contributed by atoms with Crippen molar-refractivity contribution in [1.82, 2.24) is 15.1 Å². The number of carbonyl (C=O) groups is 1. The Balaban J connectivity index is 2.21. The van der Waals surface area contributed by atoms with E-state index < -0.39 is 27.3 Å². The van der Waals surface area contributed by atoms with E-state index in [4.69, 9.17) is 9.05 Å². The Kier molecular flexibility index (Phi) is 9.98. The van der Waals surface area contributed by atoms with Gasteiger partial charge in [-0.25, -0.2) is 9.13 Å². The van der Waals surface area contributed by atoms with Crippen LogP contribution in [0.1, 0.15) is 38.7 Å². The number of likely N-dealkylation sites (N-methyl/N-ethyl adjacent to an activating group) is 2. The maximum atomic E-state index is 14.1. The minimum absolute atomic E-state index is 0.0265. The molecule has 0 aliphatic heterocycles. The van der Waals surface area contributed by atoms with Gasteiger partial charge in [0.05, 0.1) is 11.1 Å². The first kappa shape index (κ1) is 31.2. The third kappa shape index (κ3) is 8.11. The largest absolute Gasteiger partial charge is 0.524 e. The number of anilines is 1. The van der Waals surface area contributed by atoms with E-state index in [-0.39, 0.29) is 40.3 Å². The van der Waals surface area contributed by atoms with Crippen molar-refractivity contribution in [3.8, 4) is 11.5 Å². The molecule has 13 nitrogen and oxygen atoms in total. The molecule has 2 atom stereocenters. The fourth-order valence-electron chi connectivity index (χ4n) is 4.28. The number of nitrogens with zero attached hydrogens (tertiary/aromatic N) is 2. The number of nitrogens with one attached hydrogen (secondary N) is 2. The van der Waals surface area contributed by atoms with E-state index in [9.17, 15) is 33.7 Å². The van der Waals surface area contributed by atoms with Gasteiger partial charge in [0.1, 0.15) is 17.6 Å². The molecule has 1 aliphatic carbocycles. The average molecular weight is 587 g/mol. The molecule has 39 heavy (non-hydrogen) atoms. The second-order valence-electron chi connectivity index (χ2n) is 9.83. The van der Waals surface area contributed by atoms with Crippen LogP contribution in [0.5, 0.6) is 11.5 Å². The molecule has 2 aromatic rings. The quantitative estimate of drug-likeness (QED) is 0.147. The van der Waals surface area contributed by atoms with Crippen molar-refractivity contribution < 1.29 is 42.8 Å². The number of ketones is 1. The Morgan fingerprint density at radius 3 is 2.08 bits per heavy atom. The van der Waals surface area contributed by atoms with Gasteiger partial charge >= 0.3 is 15.4 Å². The summed E-state index contributed by atoms with van der Waals surface area (Å²) in [5.41, 5.74) is 0.578. The molecule has 0 amide bonds. The van der Waals surface area contributed by atoms with E-state index in [1.54, 1.807) is 0 Å². The van der Waals surface area contributed by atoms with Crippen molar-refractivity contribution >= 4 is 26.9 Å². The molecular formula is C24H36N4O9P2. The molecule has 0 saturated heterocycles. The molecule has 216 valence electrons. The first-order valence-electron chi connectivity index (χ1n) is 12.1. The first-order chi connectivity index (χ1) is 18.1. The van der Waals surface area contributed by atoms with E-state index in [0.29, 0.717) is 37.4 Å². The number of rotatable bonds is 13. The molecule has 1 aliphatic rings. The fourth-order valence-corrected chi connectivity index (χ4v) is 5.22. The Labute approximate surface area is 227 Å². The minimum atomic E-state index is -5.07. The lowest BCUT2D eigenvalue weighted by Gasteiger charge is -2.31. The third-order valence-electron chi connectivity index (χ3n) is 5.91. The van der Waals surface area contributed by atoms with Crippen LogP contribution < -0.4 is 19.7 Å². The van der Waals surface area contributed by atoms with Crippen LogP contribution in [0.3, 0.4) is 0 Å². The molecule has 2 unspecified atom stereocenters. The molecular weight excluding hydrogens is 550 g/mol. The van der Waals surface area contributed by atoms with Crippen LogP contribution in [-0.2, 0) is 15.7 Å². The molecule has 3 rings (SSSR count). The standard InChI is InChI=1S/C24H36N4O9P2/c1-27(2)12-10-25-14-15-6-8-18(37-39(33,34)35)21-19(15)23(29)22-17(36-38(5,31)32)9-7-16(20(22)24(21)30)26-11-13-28(3)4/h6-9,23,25-26,29H,10-14H2,1-5H3,(H,31,32)(H2,33,34,35). The predicted octanol–water partition coefficient (Wildman–Crippen LogP) is 1.60. The lowest BCUT2D eigenvalue weighted by atomic mass is 9.79. The molecule has 0 saturated carbocycles. The number of hydrogen-bond donors (Lipinski definition) is 6. The summed E-state index contributed by atoms with van der Waals surface area (Å²) in [4.78, 5) is 46.9. The highest BCUT2D eigenvalue weighted by molar-refractivity contribution is 7.52. The molecule has 0 heterocycles. The van der Waals surface area contributed by atoms with E-state index in [0.717, 1.165) is 6.66 Å². The normalized spacial score (nSPS) is 16.6. The van der Waals surface area contributed by atoms with Crippen molar-refractivity contribution in [2.45, 2.75) is 12.6 Å². The van der Waals surface area contributed by atoms with Crippen LogP contribution in [0.25, 0.3) is 0 Å². The monoisotopic (exact) mass is 586 g/mol. The summed E-state index contributed by atoms with van der Waals surface area (Å²) in [5.74, 6) is -1.24. The smallest absolute Gasteiger partial charge is 0.424 e. The number of hydrogen-bond acceptors (Lipinski definition) is 10. The number of phosphoric ester groups is 1. The van der Waals surface area contributed by atoms with Gasteiger partial charge in [-0.3, -0.25) is 14.6 Å². The van der Waals surface area contributed by atoms with Crippen molar-refractivity contribution in [3.05, 3.63) is 52.1 Å². The zero-order valence-corrected chi connectivity index (χ0v) is 24.3. The number of fused-ring (bicyclic) bond motifs is 2. The van der Waals surface area contributed by atoms with Crippen LogP contribution in [0.15, 0.2) is 24.3 Å². The second-order valence-corrected chi connectivity index (χ2v) is 12.8. The molecule has 0 radical (unpaired) electrons. The van der Waals surface area contributed by atoms with Gasteiger partial charge in [-0.05, 0) is 52.0 Å². The highest BCUT2D eigenvalue weighted by atomic mass is 31.2. The van der Waals surface area contributed by atoms with Gasteiger partial charge in [-0.2, -0.15) is 0 Å². The average Bonchev–Trinajstić information content (AvgIpc) is 2.79. The van der Waals surface area contributed by atoms with Crippen molar-refractivity contribution in [2.24, 2.45) is 0 Å². The Morgan fingerprint density at radius 1 is 0.872 bits per heavy atom. The molecule has 6 N–H and O–H groups in total. The number of benzene rings is 2. The molecule has 15 heteroatoms. The highest BCUT2D eigenvalue weighted by Crippen LogP contribution is 2.51. The van der Waals surface area contributed by atoms with E-state index >= 15 is 0 Å². The summed E-state index contributed by atoms with van der Waals surface area (Å²) in [6, 6.07) is 5.68. The first-order valence-corrected chi connectivity index (χ1v) is 15.7. The van der Waals surface area contributed by atoms with E-state index in [2.05, 4.69) is 10.6 Å². The summed E-state index contributed by atoms with van der Waals surface area (Å²) in [7, 11) is -1.58. The zero-order valence-electron chi connectivity index (χ0n) is 22.5. The summed E-state index contributed by atoms with van der Waals surface area (Å²) in [6.07, 6.45) is -1.55. The fraction of sp³-hybridized carbons (Fsp3) is 0.458. The van der Waals surface area contributed by atoms with Crippen LogP contribution in [0.2, 0.25) is 0 Å². The lowest BCUT2D eigenvalue weighted by molar-refractivity contribution is 0.101. The van der Waals surface area contributed by atoms with E-state index in [1.807, 2.05) is 38.0 Å². The van der Waals surface area contributed by atoms with Gasteiger partial charge in [0.25, 0.3) is 0 Å². The topological polar surface area (TPSA) is 181 Å². The van der Waals surface area contributed by atoms with Crippen LogP contribution in [-0.4, -0.2) is 96.4 Å². The van der Waals surface area contributed by atoms with E-state index in [1.165, 1.54) is 24.3 Å². The van der Waals surface area contributed by atoms with Crippen molar-refractivity contribution in [3.63, 3.8) is 0 Å². The third-order valence-corrected chi connectivity index (χ3v) is 6.88. The summed E-state index contributed by atoms with van der Waals surface area (Å²) in [6.45, 7) is 3.53. The molecule has 0 bridgehead atoms. The molecule has 0 spiro atoms.